The summed E-state index contributed by atoms with van der Waals surface area (Å²) in [6.45, 7) is 5.06. The van der Waals surface area contributed by atoms with Gasteiger partial charge in [0.15, 0.2) is 5.11 Å². The Morgan fingerprint density at radius 2 is 1.77 bits per heavy atom. The second-order valence-corrected chi connectivity index (χ2v) is 6.75. The van der Waals surface area contributed by atoms with Crippen LogP contribution in [0.3, 0.4) is 0 Å². The van der Waals surface area contributed by atoms with Gasteiger partial charge in [0, 0.05) is 23.7 Å². The number of thioether (sulfide) groups is 1. The predicted octanol–water partition coefficient (Wildman–Crippen LogP) is 4.52. The van der Waals surface area contributed by atoms with Crippen molar-refractivity contribution in [2.45, 2.75) is 19.6 Å². The van der Waals surface area contributed by atoms with Crippen LogP contribution in [0, 0.1) is 13.8 Å². The highest BCUT2D eigenvalue weighted by Crippen LogP contribution is 2.13. The van der Waals surface area contributed by atoms with Crippen molar-refractivity contribution in [3.63, 3.8) is 0 Å². The first-order chi connectivity index (χ1) is 10.6. The molecule has 0 saturated heterocycles. The number of anilines is 1. The van der Waals surface area contributed by atoms with Crippen LogP contribution in [0.4, 0.5) is 5.69 Å². The number of benzene rings is 2. The first-order valence-electron chi connectivity index (χ1n) is 7.39. The Hall–Kier alpha value is -1.52. The lowest BCUT2D eigenvalue weighted by Crippen LogP contribution is -2.30. The quantitative estimate of drug-likeness (QED) is 0.600. The van der Waals surface area contributed by atoms with Gasteiger partial charge in [0.2, 0.25) is 0 Å². The van der Waals surface area contributed by atoms with Gasteiger partial charge in [-0.25, -0.2) is 0 Å². The van der Waals surface area contributed by atoms with E-state index in [9.17, 15) is 0 Å². The second-order valence-electron chi connectivity index (χ2n) is 5.23. The smallest absolute Gasteiger partial charge is 0.170 e. The van der Waals surface area contributed by atoms with E-state index in [4.69, 9.17) is 12.2 Å². The molecule has 2 nitrogen and oxygen atoms in total. The molecule has 0 saturated carbocycles. The second kappa shape index (κ2) is 8.81. The summed E-state index contributed by atoms with van der Waals surface area (Å²) in [5.74, 6) is 2.07. The monoisotopic (exact) mass is 330 g/mol. The summed E-state index contributed by atoms with van der Waals surface area (Å²) in [5, 5.41) is 7.17. The molecule has 0 spiro atoms. The van der Waals surface area contributed by atoms with Gasteiger partial charge in [0.25, 0.3) is 0 Å². The number of rotatable bonds is 6. The van der Waals surface area contributed by atoms with Crippen LogP contribution in [-0.4, -0.2) is 17.4 Å². The van der Waals surface area contributed by atoms with Gasteiger partial charge >= 0.3 is 0 Å². The van der Waals surface area contributed by atoms with Gasteiger partial charge in [0.1, 0.15) is 0 Å². The molecule has 0 fully saturated rings. The summed E-state index contributed by atoms with van der Waals surface area (Å²) in [6, 6.07) is 16.9. The molecule has 0 amide bonds. The maximum absolute atomic E-state index is 5.32. The fraction of sp³-hybridized carbons (Fsp3) is 0.278. The molecule has 0 unspecified atom stereocenters. The zero-order valence-electron chi connectivity index (χ0n) is 13.1. The summed E-state index contributed by atoms with van der Waals surface area (Å²) in [7, 11) is 0. The average molecular weight is 331 g/mol. The Morgan fingerprint density at radius 3 is 2.50 bits per heavy atom. The molecular formula is C18H22N2S2. The van der Waals surface area contributed by atoms with Crippen LogP contribution in [0.5, 0.6) is 0 Å². The van der Waals surface area contributed by atoms with Crippen LogP contribution < -0.4 is 10.6 Å². The molecule has 0 aromatic heterocycles. The fourth-order valence-corrected chi connectivity index (χ4v) is 3.02. The summed E-state index contributed by atoms with van der Waals surface area (Å²) < 4.78 is 0. The highest BCUT2D eigenvalue weighted by Gasteiger charge is 2.00. The number of thiocarbonyl (C=S) groups is 1. The molecule has 2 rings (SSSR count). The maximum Gasteiger partial charge on any atom is 0.170 e. The fourth-order valence-electron chi connectivity index (χ4n) is 1.99. The standard InChI is InChI=1S/C18H22N2S2/c1-14-7-9-16(10-8-14)13-22-12-11-19-18(21)20-17-6-4-3-5-15(17)2/h3-10H,11-13H2,1-2H3,(H2,19,20,21). The van der Waals surface area contributed by atoms with Crippen LogP contribution in [-0.2, 0) is 5.75 Å². The van der Waals surface area contributed by atoms with Crippen molar-refractivity contribution in [2.75, 3.05) is 17.6 Å². The molecule has 0 bridgehead atoms. The lowest BCUT2D eigenvalue weighted by molar-refractivity contribution is 0.989. The summed E-state index contributed by atoms with van der Waals surface area (Å²) in [6.07, 6.45) is 0. The molecule has 2 aromatic carbocycles. The highest BCUT2D eigenvalue weighted by atomic mass is 32.2. The summed E-state index contributed by atoms with van der Waals surface area (Å²) in [4.78, 5) is 0. The van der Waals surface area contributed by atoms with Crippen molar-refractivity contribution in [1.29, 1.82) is 0 Å². The van der Waals surface area contributed by atoms with E-state index in [1.165, 1.54) is 16.7 Å². The zero-order chi connectivity index (χ0) is 15.8. The number of hydrogen-bond acceptors (Lipinski definition) is 2. The number of para-hydroxylation sites is 1. The van der Waals surface area contributed by atoms with Gasteiger partial charge in [-0.1, -0.05) is 48.0 Å². The Kier molecular flexibility index (Phi) is 6.74. The van der Waals surface area contributed by atoms with E-state index < -0.39 is 0 Å². The van der Waals surface area contributed by atoms with Crippen molar-refractivity contribution < 1.29 is 0 Å². The number of hydrogen-bond donors (Lipinski definition) is 2. The average Bonchev–Trinajstić information content (AvgIpc) is 2.51. The van der Waals surface area contributed by atoms with Crippen LogP contribution in [0.1, 0.15) is 16.7 Å². The Balaban J connectivity index is 1.63. The van der Waals surface area contributed by atoms with Crippen molar-refractivity contribution in [3.8, 4) is 0 Å². The molecule has 2 aromatic rings. The van der Waals surface area contributed by atoms with Gasteiger partial charge < -0.3 is 10.6 Å². The van der Waals surface area contributed by atoms with E-state index in [0.29, 0.717) is 5.11 Å². The van der Waals surface area contributed by atoms with E-state index in [1.54, 1.807) is 0 Å². The van der Waals surface area contributed by atoms with Gasteiger partial charge in [-0.05, 0) is 43.3 Å². The highest BCUT2D eigenvalue weighted by molar-refractivity contribution is 7.98. The molecule has 0 aliphatic rings. The third-order valence-electron chi connectivity index (χ3n) is 3.31. The third-order valence-corrected chi connectivity index (χ3v) is 4.59. The predicted molar refractivity (Wildman–Crippen MR) is 103 cm³/mol. The molecule has 0 heterocycles. The number of nitrogens with one attached hydrogen (secondary N) is 2. The van der Waals surface area contributed by atoms with E-state index in [1.807, 2.05) is 30.0 Å². The minimum Gasteiger partial charge on any atom is -0.362 e. The first-order valence-corrected chi connectivity index (χ1v) is 8.95. The van der Waals surface area contributed by atoms with E-state index in [2.05, 4.69) is 54.8 Å². The normalized spacial score (nSPS) is 10.3. The zero-order valence-corrected chi connectivity index (χ0v) is 14.7. The maximum atomic E-state index is 5.32. The van der Waals surface area contributed by atoms with Gasteiger partial charge in [0.05, 0.1) is 0 Å². The van der Waals surface area contributed by atoms with E-state index >= 15 is 0 Å². The lowest BCUT2D eigenvalue weighted by atomic mass is 10.2. The minimum atomic E-state index is 0.685. The van der Waals surface area contributed by atoms with E-state index in [0.717, 1.165) is 23.7 Å². The van der Waals surface area contributed by atoms with Gasteiger partial charge in [-0.2, -0.15) is 11.8 Å². The van der Waals surface area contributed by atoms with Crippen LogP contribution in [0.2, 0.25) is 0 Å². The van der Waals surface area contributed by atoms with Crippen LogP contribution in [0.25, 0.3) is 0 Å². The first kappa shape index (κ1) is 16.8. The SMILES string of the molecule is Cc1ccc(CSCCNC(=S)Nc2ccccc2C)cc1. The lowest BCUT2D eigenvalue weighted by Gasteiger charge is -2.12. The van der Waals surface area contributed by atoms with E-state index in [-0.39, 0.29) is 0 Å². The Labute approximate surface area is 142 Å². The largest absolute Gasteiger partial charge is 0.362 e. The molecule has 116 valence electrons. The molecule has 0 aliphatic carbocycles. The van der Waals surface area contributed by atoms with Gasteiger partial charge in [-0.15, -0.1) is 0 Å². The molecule has 4 heteroatoms. The van der Waals surface area contributed by atoms with Crippen LogP contribution in [0.15, 0.2) is 48.5 Å². The van der Waals surface area contributed by atoms with Gasteiger partial charge in [-0.3, -0.25) is 0 Å². The molecular weight excluding hydrogens is 308 g/mol. The Bertz CT molecular complexity index is 609. The molecule has 0 atom stereocenters. The summed E-state index contributed by atoms with van der Waals surface area (Å²) >= 11 is 7.24. The topological polar surface area (TPSA) is 24.1 Å². The molecule has 0 aliphatic heterocycles. The minimum absolute atomic E-state index is 0.685. The van der Waals surface area contributed by atoms with Crippen molar-refractivity contribution in [3.05, 3.63) is 65.2 Å². The summed E-state index contributed by atoms with van der Waals surface area (Å²) in [5.41, 5.74) is 4.94. The molecule has 0 radical (unpaired) electrons. The van der Waals surface area contributed by atoms with Crippen molar-refractivity contribution in [1.82, 2.24) is 5.32 Å². The molecule has 2 N–H and O–H groups in total. The van der Waals surface area contributed by atoms with Crippen LogP contribution >= 0.6 is 24.0 Å². The molecule has 22 heavy (non-hydrogen) atoms. The Morgan fingerprint density at radius 1 is 1.05 bits per heavy atom. The van der Waals surface area contributed by atoms with Crippen molar-refractivity contribution in [2.24, 2.45) is 0 Å². The third kappa shape index (κ3) is 5.70. The van der Waals surface area contributed by atoms with Crippen molar-refractivity contribution >= 4 is 34.8 Å². The number of aryl methyl sites for hydroxylation is 2.